The van der Waals surface area contributed by atoms with Crippen molar-refractivity contribution in [2.75, 3.05) is 25.7 Å². The molecule has 0 saturated heterocycles. The highest BCUT2D eigenvalue weighted by molar-refractivity contribution is 7.98. The third-order valence-corrected chi connectivity index (χ3v) is 4.06. The van der Waals surface area contributed by atoms with Gasteiger partial charge in [-0.05, 0) is 25.3 Å². The van der Waals surface area contributed by atoms with Gasteiger partial charge in [0.2, 0.25) is 0 Å². The van der Waals surface area contributed by atoms with Crippen molar-refractivity contribution in [1.29, 1.82) is 0 Å². The van der Waals surface area contributed by atoms with Crippen LogP contribution in [0, 0.1) is 0 Å². The number of aliphatic hydroxyl groups is 1. The molecule has 1 rings (SSSR count). The van der Waals surface area contributed by atoms with Crippen LogP contribution in [0.3, 0.4) is 0 Å². The number of methoxy groups -OCH3 is 1. The van der Waals surface area contributed by atoms with Crippen LogP contribution in [0.15, 0.2) is 12.1 Å². The number of thioether (sulfide) groups is 1. The van der Waals surface area contributed by atoms with Gasteiger partial charge in [0.15, 0.2) is 5.06 Å². The van der Waals surface area contributed by atoms with Crippen LogP contribution in [-0.4, -0.2) is 36.4 Å². The predicted molar refractivity (Wildman–Crippen MR) is 71.6 cm³/mol. The van der Waals surface area contributed by atoms with Crippen LogP contribution in [0.2, 0.25) is 0 Å². The Kier molecular flexibility index (Phi) is 5.61. The largest absolute Gasteiger partial charge is 0.487 e. The average Bonchev–Trinajstić information content (AvgIpc) is 2.65. The van der Waals surface area contributed by atoms with Crippen LogP contribution in [-0.2, 0) is 6.54 Å². The fourth-order valence-electron chi connectivity index (χ4n) is 1.38. The van der Waals surface area contributed by atoms with Crippen molar-refractivity contribution < 1.29 is 9.84 Å². The van der Waals surface area contributed by atoms with Crippen LogP contribution in [0.4, 0.5) is 0 Å². The van der Waals surface area contributed by atoms with E-state index in [1.165, 1.54) is 4.88 Å². The van der Waals surface area contributed by atoms with E-state index in [1.807, 2.05) is 25.3 Å². The Hall–Kier alpha value is -0.230. The lowest BCUT2D eigenvalue weighted by atomic mass is 10.1. The molecule has 0 radical (unpaired) electrons. The quantitative estimate of drug-likeness (QED) is 0.787. The van der Waals surface area contributed by atoms with E-state index in [4.69, 9.17) is 4.74 Å². The predicted octanol–water partition coefficient (Wildman–Crippen LogP) is 1.96. The molecule has 0 aliphatic rings. The molecule has 0 aliphatic heterocycles. The summed E-state index contributed by atoms with van der Waals surface area (Å²) in [6.07, 6.45) is 2.00. The molecular formula is C11H19NO2S2. The van der Waals surface area contributed by atoms with Crippen molar-refractivity contribution >= 4 is 23.1 Å². The molecule has 0 fully saturated rings. The fourth-order valence-corrected chi connectivity index (χ4v) is 2.89. The van der Waals surface area contributed by atoms with Crippen LogP contribution in [0.1, 0.15) is 11.8 Å². The van der Waals surface area contributed by atoms with Gasteiger partial charge >= 0.3 is 0 Å². The normalized spacial score (nSPS) is 14.8. The number of rotatable bonds is 7. The molecule has 1 heterocycles. The van der Waals surface area contributed by atoms with Gasteiger partial charge in [-0.2, -0.15) is 11.8 Å². The maximum atomic E-state index is 9.94. The Bertz CT molecular complexity index is 313. The van der Waals surface area contributed by atoms with Gasteiger partial charge in [0, 0.05) is 23.7 Å². The summed E-state index contributed by atoms with van der Waals surface area (Å²) in [5, 5.41) is 14.1. The number of nitrogens with one attached hydrogen (secondary N) is 1. The molecule has 1 aromatic heterocycles. The Morgan fingerprint density at radius 2 is 2.31 bits per heavy atom. The SMILES string of the molecule is COc1ccc(CNCC(C)(O)CSC)s1. The zero-order valence-electron chi connectivity index (χ0n) is 9.95. The van der Waals surface area contributed by atoms with E-state index in [0.717, 1.165) is 17.4 Å². The van der Waals surface area contributed by atoms with Crippen LogP contribution >= 0.6 is 23.1 Å². The lowest BCUT2D eigenvalue weighted by molar-refractivity contribution is 0.0846. The molecule has 5 heteroatoms. The minimum absolute atomic E-state index is 0.605. The summed E-state index contributed by atoms with van der Waals surface area (Å²) in [5.74, 6) is 0.744. The highest BCUT2D eigenvalue weighted by atomic mass is 32.2. The molecule has 1 atom stereocenters. The molecular weight excluding hydrogens is 242 g/mol. The molecule has 0 aromatic carbocycles. The Morgan fingerprint density at radius 3 is 2.88 bits per heavy atom. The highest BCUT2D eigenvalue weighted by Gasteiger charge is 2.18. The summed E-state index contributed by atoms with van der Waals surface area (Å²) in [6.45, 7) is 3.23. The van der Waals surface area contributed by atoms with Gasteiger partial charge in [0.1, 0.15) is 0 Å². The molecule has 0 amide bonds. The molecule has 0 bridgehead atoms. The first-order valence-electron chi connectivity index (χ1n) is 5.12. The number of hydrogen-bond acceptors (Lipinski definition) is 5. The van der Waals surface area contributed by atoms with Gasteiger partial charge in [-0.15, -0.1) is 11.3 Å². The van der Waals surface area contributed by atoms with Gasteiger partial charge in [0.25, 0.3) is 0 Å². The van der Waals surface area contributed by atoms with Crippen molar-refractivity contribution in [2.45, 2.75) is 19.1 Å². The van der Waals surface area contributed by atoms with E-state index in [1.54, 1.807) is 30.2 Å². The average molecular weight is 261 g/mol. The molecule has 3 nitrogen and oxygen atoms in total. The molecule has 0 aliphatic carbocycles. The maximum Gasteiger partial charge on any atom is 0.173 e. The van der Waals surface area contributed by atoms with Gasteiger partial charge in [0.05, 0.1) is 12.7 Å². The lowest BCUT2D eigenvalue weighted by Crippen LogP contribution is -2.39. The zero-order chi connectivity index (χ0) is 12.0. The van der Waals surface area contributed by atoms with E-state index in [2.05, 4.69) is 5.32 Å². The summed E-state index contributed by atoms with van der Waals surface area (Å²) in [7, 11) is 1.67. The second-order valence-corrected chi connectivity index (χ2v) is 5.96. The zero-order valence-corrected chi connectivity index (χ0v) is 11.6. The van der Waals surface area contributed by atoms with Crippen molar-refractivity contribution in [3.63, 3.8) is 0 Å². The monoisotopic (exact) mass is 261 g/mol. The van der Waals surface area contributed by atoms with Gasteiger partial charge in [-0.25, -0.2) is 0 Å². The first kappa shape index (κ1) is 13.8. The third kappa shape index (κ3) is 4.74. The second-order valence-electron chi connectivity index (χ2n) is 3.96. The fraction of sp³-hybridized carbons (Fsp3) is 0.636. The molecule has 0 saturated carbocycles. The number of thiophene rings is 1. The van der Waals surface area contributed by atoms with E-state index in [0.29, 0.717) is 6.54 Å². The highest BCUT2D eigenvalue weighted by Crippen LogP contribution is 2.23. The molecule has 16 heavy (non-hydrogen) atoms. The first-order chi connectivity index (χ1) is 7.57. The molecule has 1 unspecified atom stereocenters. The molecule has 0 spiro atoms. The minimum Gasteiger partial charge on any atom is -0.487 e. The Balaban J connectivity index is 2.29. The third-order valence-electron chi connectivity index (χ3n) is 2.10. The Labute approximate surface area is 105 Å². The lowest BCUT2D eigenvalue weighted by Gasteiger charge is -2.22. The summed E-state index contributed by atoms with van der Waals surface area (Å²) in [6, 6.07) is 4.00. The first-order valence-corrected chi connectivity index (χ1v) is 7.33. The van der Waals surface area contributed by atoms with Crippen molar-refractivity contribution in [3.05, 3.63) is 17.0 Å². The standard InChI is InChI=1S/C11H19NO2S2/c1-11(13,8-15-3)7-12-6-9-4-5-10(14-2)16-9/h4-5,12-13H,6-8H2,1-3H3. The minimum atomic E-state index is -0.638. The summed E-state index contributed by atoms with van der Waals surface area (Å²) in [4.78, 5) is 1.22. The van der Waals surface area contributed by atoms with E-state index in [-0.39, 0.29) is 0 Å². The summed E-state index contributed by atoms with van der Waals surface area (Å²) < 4.78 is 5.12. The van der Waals surface area contributed by atoms with Crippen molar-refractivity contribution in [1.82, 2.24) is 5.32 Å². The van der Waals surface area contributed by atoms with Crippen LogP contribution in [0.25, 0.3) is 0 Å². The van der Waals surface area contributed by atoms with Crippen molar-refractivity contribution in [3.8, 4) is 5.06 Å². The van der Waals surface area contributed by atoms with E-state index >= 15 is 0 Å². The van der Waals surface area contributed by atoms with E-state index < -0.39 is 5.60 Å². The number of ether oxygens (including phenoxy) is 1. The van der Waals surface area contributed by atoms with Gasteiger partial charge in [-0.1, -0.05) is 0 Å². The van der Waals surface area contributed by atoms with E-state index in [9.17, 15) is 5.11 Å². The topological polar surface area (TPSA) is 41.5 Å². The summed E-state index contributed by atoms with van der Waals surface area (Å²) >= 11 is 3.28. The number of hydrogen-bond donors (Lipinski definition) is 2. The molecule has 92 valence electrons. The maximum absolute atomic E-state index is 9.94. The molecule has 2 N–H and O–H groups in total. The van der Waals surface area contributed by atoms with Crippen LogP contribution < -0.4 is 10.1 Å². The Morgan fingerprint density at radius 1 is 1.56 bits per heavy atom. The van der Waals surface area contributed by atoms with Crippen LogP contribution in [0.5, 0.6) is 5.06 Å². The van der Waals surface area contributed by atoms with Gasteiger partial charge in [-0.3, -0.25) is 0 Å². The smallest absolute Gasteiger partial charge is 0.173 e. The van der Waals surface area contributed by atoms with Crippen molar-refractivity contribution in [2.24, 2.45) is 0 Å². The second kappa shape index (κ2) is 6.49. The van der Waals surface area contributed by atoms with Gasteiger partial charge < -0.3 is 15.2 Å². The summed E-state index contributed by atoms with van der Waals surface area (Å²) in [5.41, 5.74) is -0.638. The molecule has 1 aromatic rings.